The van der Waals surface area contributed by atoms with Gasteiger partial charge in [0.2, 0.25) is 0 Å². The molecular formula is C11H19CoI2N4O2. The van der Waals surface area contributed by atoms with Crippen molar-refractivity contribution < 1.29 is 13.5 Å². The fourth-order valence-corrected chi connectivity index (χ4v) is 0.931. The van der Waals surface area contributed by atoms with Crippen LogP contribution in [0.5, 0.6) is 0 Å². The van der Waals surface area contributed by atoms with E-state index in [1.165, 1.54) is 8.26 Å². The van der Waals surface area contributed by atoms with Crippen molar-refractivity contribution in [1.82, 2.24) is 0 Å². The minimum absolute atomic E-state index is 0.410. The van der Waals surface area contributed by atoms with Crippen LogP contribution >= 0.6 is 40.8 Å². The van der Waals surface area contributed by atoms with Crippen molar-refractivity contribution >= 4 is 63.7 Å². The molecule has 0 aliphatic carbocycles. The van der Waals surface area contributed by atoms with Gasteiger partial charge in [-0.05, 0) is 34.1 Å². The van der Waals surface area contributed by atoms with Gasteiger partial charge in [0.25, 0.3) is 0 Å². The summed E-state index contributed by atoms with van der Waals surface area (Å²) in [5, 5.41) is 24.6. The second-order valence-electron chi connectivity index (χ2n) is 3.70. The molecule has 0 saturated carbocycles. The molecule has 0 radical (unpaired) electrons. The molecule has 20 heavy (non-hydrogen) atoms. The van der Waals surface area contributed by atoms with Crippen molar-refractivity contribution in [1.29, 1.82) is 0 Å². The van der Waals surface area contributed by atoms with Gasteiger partial charge >= 0.3 is 49.1 Å². The third kappa shape index (κ3) is 13.2. The molecule has 0 aromatic carbocycles. The predicted molar refractivity (Wildman–Crippen MR) is 100.0 cm³/mol. The minimum atomic E-state index is 0.410. The summed E-state index contributed by atoms with van der Waals surface area (Å²) in [5.41, 5.74) is 2.30. The van der Waals surface area contributed by atoms with Crippen molar-refractivity contribution in [3.8, 4) is 0 Å². The van der Waals surface area contributed by atoms with Gasteiger partial charge in [-0.1, -0.05) is 5.16 Å². The van der Waals surface area contributed by atoms with Crippen molar-refractivity contribution in [2.45, 2.75) is 34.1 Å². The van der Waals surface area contributed by atoms with Crippen molar-refractivity contribution in [3.63, 3.8) is 0 Å². The summed E-state index contributed by atoms with van der Waals surface area (Å²) >= 11 is 4.49. The maximum atomic E-state index is 10.2. The normalized spacial score (nSPS) is 14.1. The molecule has 0 bridgehead atoms. The fourth-order valence-electron chi connectivity index (χ4n) is 0.931. The summed E-state index contributed by atoms with van der Waals surface area (Å²) in [4.78, 5) is 8.42. The summed E-state index contributed by atoms with van der Waals surface area (Å²) in [6, 6.07) is 0. The Hall–Kier alpha value is 0.246. The summed E-state index contributed by atoms with van der Waals surface area (Å²) in [6.45, 7) is 8.09. The van der Waals surface area contributed by atoms with Crippen LogP contribution < -0.4 is 0 Å². The molecule has 6 nitrogen and oxygen atoms in total. The van der Waals surface area contributed by atoms with E-state index in [1.807, 2.05) is 0 Å². The predicted octanol–water partition coefficient (Wildman–Crippen LogP) is 3.88. The van der Waals surface area contributed by atoms with Crippen molar-refractivity contribution in [3.05, 3.63) is 5.21 Å². The van der Waals surface area contributed by atoms with E-state index in [2.05, 4.69) is 61.1 Å². The molecule has 0 unspecified atom stereocenters. The number of halogens is 2. The van der Waals surface area contributed by atoms with E-state index in [0.717, 1.165) is 6.42 Å². The first-order valence-electron chi connectivity index (χ1n) is 5.66. The molecule has 0 heterocycles. The van der Waals surface area contributed by atoms with Crippen LogP contribution in [0.25, 0.3) is 0 Å². The van der Waals surface area contributed by atoms with Crippen LogP contribution in [0.3, 0.4) is 0 Å². The van der Waals surface area contributed by atoms with Gasteiger partial charge in [0.15, 0.2) is 0 Å². The third-order valence-corrected chi connectivity index (χ3v) is 2.35. The molecular weight excluding hydrogens is 533 g/mol. The molecule has 0 aromatic heterocycles. The van der Waals surface area contributed by atoms with Gasteiger partial charge in [-0.3, -0.25) is 9.98 Å². The van der Waals surface area contributed by atoms with E-state index in [4.69, 9.17) is 5.21 Å². The second kappa shape index (κ2) is 15.6. The molecule has 0 aliphatic heterocycles. The van der Waals surface area contributed by atoms with Crippen LogP contribution in [0.2, 0.25) is 0 Å². The van der Waals surface area contributed by atoms with Crippen LogP contribution in [0.1, 0.15) is 34.1 Å². The molecule has 0 spiro atoms. The summed E-state index contributed by atoms with van der Waals surface area (Å²) in [5.74, 6) is 0. The van der Waals surface area contributed by atoms with Crippen molar-refractivity contribution in [2.24, 2.45) is 20.3 Å². The average Bonchev–Trinajstić information content (AvgIpc) is 2.45. The zero-order valence-electron chi connectivity index (χ0n) is 11.9. The summed E-state index contributed by atoms with van der Waals surface area (Å²) in [6.07, 6.45) is 0.777. The van der Waals surface area contributed by atoms with E-state index in [1.54, 1.807) is 27.7 Å². The van der Waals surface area contributed by atoms with Gasteiger partial charge in [0.05, 0.1) is 17.1 Å². The Kier molecular flexibility index (Phi) is 17.6. The van der Waals surface area contributed by atoms with Crippen LogP contribution in [0.4, 0.5) is 0 Å². The van der Waals surface area contributed by atoms with E-state index in [9.17, 15) is 5.21 Å². The zero-order chi connectivity index (χ0) is 16.0. The van der Waals surface area contributed by atoms with Crippen LogP contribution in [-0.4, -0.2) is 41.1 Å². The molecule has 0 atom stereocenters. The Balaban J connectivity index is 0. The van der Waals surface area contributed by atoms with Gasteiger partial charge in [0.1, 0.15) is 0 Å². The average molecular weight is 552 g/mol. The van der Waals surface area contributed by atoms with Gasteiger partial charge < -0.3 is 15.6 Å². The van der Waals surface area contributed by atoms with E-state index in [-0.39, 0.29) is 0 Å². The third-order valence-electron chi connectivity index (χ3n) is 2.35. The maximum absolute atomic E-state index is 10.2. The standard InChI is InChI=1S/C11H20N4O2.Co.2HI/c1-8(10(3)14-16)12-6-5-7-13-9(2)11(4)15-17;;;/h16-17H,5-7H2,1-4H3;;2*1H/q;+3;;/p-3/b12-8?,13-9?,14-10+,15-11+;;;. The molecule has 0 aromatic rings. The Morgan fingerprint density at radius 2 is 1.35 bits per heavy atom. The zero-order valence-corrected chi connectivity index (χ0v) is 17.2. The Morgan fingerprint density at radius 3 is 1.70 bits per heavy atom. The van der Waals surface area contributed by atoms with Gasteiger partial charge in [-0.15, -0.1) is 0 Å². The van der Waals surface area contributed by atoms with Crippen LogP contribution in [0, 0.1) is 5.21 Å². The SMILES string of the molecule is CC(=NCCCN=C(C)/C(C)=N/O)/C(C)=N/[O-].[I][Co+][I]. The van der Waals surface area contributed by atoms with E-state index >= 15 is 0 Å². The molecule has 118 valence electrons. The number of aliphatic imine (C=N–C) groups is 2. The first-order chi connectivity index (χ1) is 9.44. The van der Waals surface area contributed by atoms with Gasteiger partial charge in [-0.25, -0.2) is 0 Å². The van der Waals surface area contributed by atoms with E-state index < -0.39 is 0 Å². The summed E-state index contributed by atoms with van der Waals surface area (Å²) < 4.78 is 0. The first-order valence-corrected chi connectivity index (χ1v) is 12.4. The molecule has 0 fully saturated rings. The Bertz CT molecular complexity index is 351. The van der Waals surface area contributed by atoms with Gasteiger partial charge in [0, 0.05) is 18.8 Å². The van der Waals surface area contributed by atoms with Crippen LogP contribution in [-0.2, 0) is 8.26 Å². The summed E-state index contributed by atoms with van der Waals surface area (Å²) in [7, 11) is 1.38. The van der Waals surface area contributed by atoms with E-state index in [0.29, 0.717) is 35.9 Å². The van der Waals surface area contributed by atoms with Gasteiger partial charge in [-0.2, -0.15) is 0 Å². The quantitative estimate of drug-likeness (QED) is 0.178. The Labute approximate surface area is 148 Å². The van der Waals surface area contributed by atoms with Crippen molar-refractivity contribution in [2.75, 3.05) is 13.1 Å². The molecule has 9 heteroatoms. The molecule has 0 rings (SSSR count). The molecule has 0 saturated heterocycles. The number of hydrogen-bond acceptors (Lipinski definition) is 6. The molecule has 0 amide bonds. The first kappa shape index (κ1) is 22.5. The number of hydrogen-bond donors (Lipinski definition) is 1. The second-order valence-corrected chi connectivity index (χ2v) is 12.5. The number of oxime groups is 1. The topological polar surface area (TPSA) is 92.7 Å². The van der Waals surface area contributed by atoms with Crippen LogP contribution in [0.15, 0.2) is 20.3 Å². The monoisotopic (exact) mass is 552 g/mol. The number of nitrogens with zero attached hydrogens (tertiary/aromatic N) is 4. The fraction of sp³-hybridized carbons (Fsp3) is 0.636. The Morgan fingerprint density at radius 1 is 0.950 bits per heavy atom. The molecule has 0 aliphatic rings. The molecule has 1 N–H and O–H groups in total. The number of rotatable bonds is 6.